The molecule has 1 aliphatic heterocycles. The van der Waals surface area contributed by atoms with Crippen LogP contribution in [0.4, 0.5) is 10.7 Å². The average Bonchev–Trinajstić information content (AvgIpc) is 2.73. The topological polar surface area (TPSA) is 46.3 Å². The molecule has 2 N–H and O–H groups in total. The van der Waals surface area contributed by atoms with E-state index in [9.17, 15) is 4.79 Å². The number of anilines is 2. The summed E-state index contributed by atoms with van der Waals surface area (Å²) in [6.45, 7) is 10.6. The van der Waals surface area contributed by atoms with E-state index in [0.717, 1.165) is 28.9 Å². The second kappa shape index (κ2) is 5.53. The number of carbonyl (C=O) groups excluding carboxylic acids is 1. The highest BCUT2D eigenvalue weighted by molar-refractivity contribution is 7.18. The largest absolute Gasteiger partial charge is 0.397 e. The smallest absolute Gasteiger partial charge is 0.177 e. The fourth-order valence-electron chi connectivity index (χ4n) is 2.47. The van der Waals surface area contributed by atoms with Crippen LogP contribution in [0.15, 0.2) is 6.07 Å². The lowest BCUT2D eigenvalue weighted by atomic mass is 9.89. The SMILES string of the molecule is CC(C)C(=O)c1sc(N2CCC(C)C(C)C2)cc1N. The Bertz CT molecular complexity index is 467. The van der Waals surface area contributed by atoms with Crippen LogP contribution in [0.2, 0.25) is 0 Å². The van der Waals surface area contributed by atoms with Crippen molar-refractivity contribution in [3.8, 4) is 0 Å². The molecule has 1 aromatic rings. The minimum absolute atomic E-state index is 0.00843. The monoisotopic (exact) mass is 280 g/mol. The molecule has 3 nitrogen and oxygen atoms in total. The number of carbonyl (C=O) groups is 1. The van der Waals surface area contributed by atoms with E-state index in [0.29, 0.717) is 11.6 Å². The zero-order valence-electron chi connectivity index (χ0n) is 12.3. The highest BCUT2D eigenvalue weighted by Crippen LogP contribution is 2.36. The molecule has 0 spiro atoms. The van der Waals surface area contributed by atoms with Gasteiger partial charge in [-0.3, -0.25) is 4.79 Å². The molecule has 106 valence electrons. The van der Waals surface area contributed by atoms with Crippen molar-refractivity contribution in [3.63, 3.8) is 0 Å². The molecule has 0 saturated carbocycles. The number of nitrogen functional groups attached to an aromatic ring is 1. The van der Waals surface area contributed by atoms with Crippen LogP contribution >= 0.6 is 11.3 Å². The molecule has 1 aliphatic rings. The van der Waals surface area contributed by atoms with Gasteiger partial charge in [-0.1, -0.05) is 27.7 Å². The Morgan fingerprint density at radius 1 is 1.42 bits per heavy atom. The van der Waals surface area contributed by atoms with Crippen molar-refractivity contribution in [2.75, 3.05) is 23.7 Å². The van der Waals surface area contributed by atoms with Crippen LogP contribution < -0.4 is 10.6 Å². The summed E-state index contributed by atoms with van der Waals surface area (Å²) < 4.78 is 0. The summed E-state index contributed by atoms with van der Waals surface area (Å²) in [6.07, 6.45) is 1.21. The zero-order chi connectivity index (χ0) is 14.2. The Labute approximate surface area is 119 Å². The molecule has 2 heterocycles. The van der Waals surface area contributed by atoms with E-state index in [1.807, 2.05) is 19.9 Å². The first-order chi connectivity index (χ1) is 8.90. The van der Waals surface area contributed by atoms with Gasteiger partial charge in [0.05, 0.1) is 15.6 Å². The van der Waals surface area contributed by atoms with Crippen molar-refractivity contribution in [2.45, 2.75) is 34.1 Å². The third-order valence-electron chi connectivity index (χ3n) is 4.14. The van der Waals surface area contributed by atoms with E-state index in [4.69, 9.17) is 5.73 Å². The third-order valence-corrected chi connectivity index (χ3v) is 5.37. The zero-order valence-corrected chi connectivity index (χ0v) is 13.1. The number of nitrogens with two attached hydrogens (primary N) is 1. The molecule has 0 bridgehead atoms. The van der Waals surface area contributed by atoms with Gasteiger partial charge in [0.15, 0.2) is 5.78 Å². The van der Waals surface area contributed by atoms with Crippen molar-refractivity contribution in [3.05, 3.63) is 10.9 Å². The molecule has 0 radical (unpaired) electrons. The van der Waals surface area contributed by atoms with Crippen LogP contribution in [-0.4, -0.2) is 18.9 Å². The number of Topliss-reactive ketones (excluding diaryl/α,β-unsaturated/α-hetero) is 1. The molecule has 19 heavy (non-hydrogen) atoms. The Kier molecular flexibility index (Phi) is 4.19. The fourth-order valence-corrected chi connectivity index (χ4v) is 3.67. The van der Waals surface area contributed by atoms with E-state index < -0.39 is 0 Å². The third kappa shape index (κ3) is 2.94. The van der Waals surface area contributed by atoms with Crippen LogP contribution in [0, 0.1) is 17.8 Å². The van der Waals surface area contributed by atoms with Crippen molar-refractivity contribution in [1.82, 2.24) is 0 Å². The van der Waals surface area contributed by atoms with E-state index >= 15 is 0 Å². The van der Waals surface area contributed by atoms with Gasteiger partial charge in [0.2, 0.25) is 0 Å². The van der Waals surface area contributed by atoms with Gasteiger partial charge < -0.3 is 10.6 Å². The standard InChI is InChI=1S/C15H24N2OS/c1-9(2)14(18)15-12(16)7-13(19-15)17-6-5-10(3)11(4)8-17/h7,9-11H,5-6,8,16H2,1-4H3. The van der Waals surface area contributed by atoms with Gasteiger partial charge in [-0.25, -0.2) is 0 Å². The Hall–Kier alpha value is -1.03. The summed E-state index contributed by atoms with van der Waals surface area (Å²) in [5, 5.41) is 1.15. The van der Waals surface area contributed by atoms with E-state index in [1.54, 1.807) is 11.3 Å². The normalized spacial score (nSPS) is 23.9. The summed E-state index contributed by atoms with van der Waals surface area (Å²) in [6, 6.07) is 1.98. The van der Waals surface area contributed by atoms with Crippen LogP contribution in [0.1, 0.15) is 43.8 Å². The minimum Gasteiger partial charge on any atom is -0.397 e. The molecule has 1 saturated heterocycles. The lowest BCUT2D eigenvalue weighted by molar-refractivity contribution is 0.0944. The maximum atomic E-state index is 12.1. The van der Waals surface area contributed by atoms with Crippen molar-refractivity contribution < 1.29 is 4.79 Å². The summed E-state index contributed by atoms with van der Waals surface area (Å²) in [7, 11) is 0. The second-order valence-corrected chi connectivity index (χ2v) is 7.11. The van der Waals surface area contributed by atoms with Gasteiger partial charge in [-0.15, -0.1) is 11.3 Å². The number of thiophene rings is 1. The van der Waals surface area contributed by atoms with Crippen LogP contribution in [0.25, 0.3) is 0 Å². The van der Waals surface area contributed by atoms with Crippen LogP contribution in [0.5, 0.6) is 0 Å². The summed E-state index contributed by atoms with van der Waals surface area (Å²) in [5.74, 6) is 1.65. The van der Waals surface area contributed by atoms with Crippen molar-refractivity contribution in [1.29, 1.82) is 0 Å². The molecule has 0 amide bonds. The molecular formula is C15H24N2OS. The van der Waals surface area contributed by atoms with E-state index in [-0.39, 0.29) is 11.7 Å². The van der Waals surface area contributed by atoms with Crippen molar-refractivity contribution >= 4 is 27.8 Å². The predicted octanol–water partition coefficient (Wildman–Crippen LogP) is 3.65. The van der Waals surface area contributed by atoms with Crippen molar-refractivity contribution in [2.24, 2.45) is 17.8 Å². The first kappa shape index (κ1) is 14.4. The van der Waals surface area contributed by atoms with Gasteiger partial charge in [0.25, 0.3) is 0 Å². The molecule has 1 fully saturated rings. The first-order valence-corrected chi connectivity index (χ1v) is 7.90. The molecule has 2 atom stereocenters. The average molecular weight is 280 g/mol. The molecule has 2 unspecified atom stereocenters. The summed E-state index contributed by atoms with van der Waals surface area (Å²) in [4.78, 5) is 15.2. The maximum Gasteiger partial charge on any atom is 0.177 e. The van der Waals surface area contributed by atoms with E-state index in [1.165, 1.54) is 6.42 Å². The lowest BCUT2D eigenvalue weighted by Gasteiger charge is -2.35. The number of ketones is 1. The molecule has 2 rings (SSSR count). The molecule has 1 aromatic heterocycles. The Balaban J connectivity index is 2.18. The number of hydrogen-bond donors (Lipinski definition) is 1. The minimum atomic E-state index is 0.00843. The van der Waals surface area contributed by atoms with Crippen LogP contribution in [-0.2, 0) is 0 Å². The highest BCUT2D eigenvalue weighted by Gasteiger charge is 2.25. The Morgan fingerprint density at radius 2 is 2.11 bits per heavy atom. The Morgan fingerprint density at radius 3 is 2.68 bits per heavy atom. The summed E-state index contributed by atoms with van der Waals surface area (Å²) in [5.41, 5.74) is 6.66. The summed E-state index contributed by atoms with van der Waals surface area (Å²) >= 11 is 1.56. The van der Waals surface area contributed by atoms with Gasteiger partial charge in [0, 0.05) is 19.0 Å². The number of piperidine rings is 1. The fraction of sp³-hybridized carbons (Fsp3) is 0.667. The van der Waals surface area contributed by atoms with Gasteiger partial charge in [-0.05, 0) is 24.3 Å². The second-order valence-electron chi connectivity index (χ2n) is 6.08. The first-order valence-electron chi connectivity index (χ1n) is 7.08. The van der Waals surface area contributed by atoms with Crippen LogP contribution in [0.3, 0.4) is 0 Å². The lowest BCUT2D eigenvalue weighted by Crippen LogP contribution is -2.37. The van der Waals surface area contributed by atoms with Gasteiger partial charge in [0.1, 0.15) is 0 Å². The highest BCUT2D eigenvalue weighted by atomic mass is 32.1. The predicted molar refractivity (Wildman–Crippen MR) is 83.1 cm³/mol. The molecule has 4 heteroatoms. The van der Waals surface area contributed by atoms with Gasteiger partial charge in [-0.2, -0.15) is 0 Å². The number of rotatable bonds is 3. The maximum absolute atomic E-state index is 12.1. The van der Waals surface area contributed by atoms with Gasteiger partial charge >= 0.3 is 0 Å². The molecule has 0 aromatic carbocycles. The number of hydrogen-bond acceptors (Lipinski definition) is 4. The molecular weight excluding hydrogens is 256 g/mol. The quantitative estimate of drug-likeness (QED) is 0.860. The molecule has 0 aliphatic carbocycles. The van der Waals surface area contributed by atoms with E-state index in [2.05, 4.69) is 18.7 Å². The number of nitrogens with zero attached hydrogens (tertiary/aromatic N) is 1.